The van der Waals surface area contributed by atoms with Crippen LogP contribution in [0.1, 0.15) is 40.5 Å². The molecule has 0 rings (SSSR count). The lowest BCUT2D eigenvalue weighted by Crippen LogP contribution is -2.34. The standard InChI is InChI=1S/C10H24N2/c1-5-10(11)7-8-12(6-2)9(3)4/h9-10H,5-8,11H2,1-4H3. The lowest BCUT2D eigenvalue weighted by atomic mass is 10.1. The smallest absolute Gasteiger partial charge is 0.00483 e. The minimum Gasteiger partial charge on any atom is -0.328 e. The van der Waals surface area contributed by atoms with Gasteiger partial charge in [0.05, 0.1) is 0 Å². The molecule has 0 spiro atoms. The topological polar surface area (TPSA) is 29.3 Å². The molecule has 0 aromatic carbocycles. The van der Waals surface area contributed by atoms with Gasteiger partial charge in [0.15, 0.2) is 0 Å². The molecule has 0 saturated carbocycles. The number of hydrogen-bond acceptors (Lipinski definition) is 2. The summed E-state index contributed by atoms with van der Waals surface area (Å²) < 4.78 is 0. The Morgan fingerprint density at radius 2 is 1.83 bits per heavy atom. The first-order valence-electron chi connectivity index (χ1n) is 5.11. The van der Waals surface area contributed by atoms with Crippen LogP contribution < -0.4 is 5.73 Å². The summed E-state index contributed by atoms with van der Waals surface area (Å²) >= 11 is 0. The molecule has 0 aromatic rings. The molecule has 2 N–H and O–H groups in total. The molecule has 2 heteroatoms. The molecular formula is C10H24N2. The molecular weight excluding hydrogens is 148 g/mol. The third-order valence-electron chi connectivity index (χ3n) is 2.45. The lowest BCUT2D eigenvalue weighted by molar-refractivity contribution is 0.224. The van der Waals surface area contributed by atoms with Gasteiger partial charge in [-0.1, -0.05) is 13.8 Å². The molecule has 74 valence electrons. The summed E-state index contributed by atoms with van der Waals surface area (Å²) in [5.41, 5.74) is 5.85. The first-order valence-corrected chi connectivity index (χ1v) is 5.11. The van der Waals surface area contributed by atoms with Crippen LogP contribution in [0.2, 0.25) is 0 Å². The van der Waals surface area contributed by atoms with E-state index in [9.17, 15) is 0 Å². The minimum atomic E-state index is 0.387. The van der Waals surface area contributed by atoms with Crippen molar-refractivity contribution in [3.63, 3.8) is 0 Å². The molecule has 0 bridgehead atoms. The van der Waals surface area contributed by atoms with Gasteiger partial charge in [0.25, 0.3) is 0 Å². The molecule has 0 aliphatic heterocycles. The van der Waals surface area contributed by atoms with Crippen LogP contribution in [-0.4, -0.2) is 30.1 Å². The van der Waals surface area contributed by atoms with E-state index in [1.165, 1.54) is 0 Å². The van der Waals surface area contributed by atoms with Gasteiger partial charge in [-0.05, 0) is 39.8 Å². The van der Waals surface area contributed by atoms with Crippen LogP contribution in [0.25, 0.3) is 0 Å². The van der Waals surface area contributed by atoms with E-state index in [-0.39, 0.29) is 0 Å². The SMILES string of the molecule is CCC(N)CCN(CC)C(C)C. The highest BCUT2D eigenvalue weighted by atomic mass is 15.1. The predicted octanol–water partition coefficient (Wildman–Crippen LogP) is 1.84. The van der Waals surface area contributed by atoms with E-state index >= 15 is 0 Å². The molecule has 1 atom stereocenters. The molecule has 12 heavy (non-hydrogen) atoms. The third-order valence-corrected chi connectivity index (χ3v) is 2.45. The van der Waals surface area contributed by atoms with Gasteiger partial charge in [-0.2, -0.15) is 0 Å². The quantitative estimate of drug-likeness (QED) is 0.662. The van der Waals surface area contributed by atoms with E-state index in [0.29, 0.717) is 12.1 Å². The van der Waals surface area contributed by atoms with Crippen molar-refractivity contribution >= 4 is 0 Å². The summed E-state index contributed by atoms with van der Waals surface area (Å²) in [5.74, 6) is 0. The zero-order valence-electron chi connectivity index (χ0n) is 9.01. The number of nitrogens with zero attached hydrogens (tertiary/aromatic N) is 1. The van der Waals surface area contributed by atoms with Crippen molar-refractivity contribution in [2.24, 2.45) is 5.73 Å². The Labute approximate surface area is 77.1 Å². The normalized spacial score (nSPS) is 14.2. The summed E-state index contributed by atoms with van der Waals surface area (Å²) in [7, 11) is 0. The Kier molecular flexibility index (Phi) is 6.39. The van der Waals surface area contributed by atoms with E-state index in [1.54, 1.807) is 0 Å². The Bertz CT molecular complexity index is 102. The van der Waals surface area contributed by atoms with Gasteiger partial charge in [-0.15, -0.1) is 0 Å². The second-order valence-corrected chi connectivity index (χ2v) is 3.68. The van der Waals surface area contributed by atoms with Crippen LogP contribution in [0.4, 0.5) is 0 Å². The zero-order chi connectivity index (χ0) is 9.56. The molecule has 1 unspecified atom stereocenters. The van der Waals surface area contributed by atoms with Crippen molar-refractivity contribution < 1.29 is 0 Å². The maximum absolute atomic E-state index is 5.85. The average molecular weight is 172 g/mol. The molecule has 0 heterocycles. The highest BCUT2D eigenvalue weighted by molar-refractivity contribution is 4.65. The Morgan fingerprint density at radius 3 is 2.17 bits per heavy atom. The lowest BCUT2D eigenvalue weighted by Gasteiger charge is -2.25. The number of rotatable bonds is 6. The van der Waals surface area contributed by atoms with Gasteiger partial charge in [0, 0.05) is 12.1 Å². The highest BCUT2D eigenvalue weighted by Crippen LogP contribution is 2.01. The van der Waals surface area contributed by atoms with Crippen LogP contribution >= 0.6 is 0 Å². The van der Waals surface area contributed by atoms with Gasteiger partial charge in [-0.25, -0.2) is 0 Å². The first kappa shape index (κ1) is 11.9. The van der Waals surface area contributed by atoms with Crippen molar-refractivity contribution in [1.29, 1.82) is 0 Å². The Morgan fingerprint density at radius 1 is 1.25 bits per heavy atom. The van der Waals surface area contributed by atoms with Crippen LogP contribution in [0, 0.1) is 0 Å². The molecule has 0 amide bonds. The summed E-state index contributed by atoms with van der Waals surface area (Å²) in [6, 6.07) is 1.04. The summed E-state index contributed by atoms with van der Waals surface area (Å²) in [4.78, 5) is 2.45. The van der Waals surface area contributed by atoms with Crippen LogP contribution in [0.5, 0.6) is 0 Å². The maximum Gasteiger partial charge on any atom is 0.00483 e. The Balaban J connectivity index is 3.58. The van der Waals surface area contributed by atoms with E-state index in [1.807, 2.05) is 0 Å². The largest absolute Gasteiger partial charge is 0.328 e. The fourth-order valence-corrected chi connectivity index (χ4v) is 1.32. The van der Waals surface area contributed by atoms with Gasteiger partial charge in [0.2, 0.25) is 0 Å². The summed E-state index contributed by atoms with van der Waals surface area (Å²) in [6.07, 6.45) is 2.22. The van der Waals surface area contributed by atoms with E-state index in [0.717, 1.165) is 25.9 Å². The molecule has 0 saturated heterocycles. The van der Waals surface area contributed by atoms with Crippen molar-refractivity contribution in [2.45, 2.75) is 52.6 Å². The van der Waals surface area contributed by atoms with Gasteiger partial charge in [-0.3, -0.25) is 0 Å². The first-order chi connectivity index (χ1) is 5.61. The van der Waals surface area contributed by atoms with Crippen molar-refractivity contribution in [3.8, 4) is 0 Å². The number of nitrogens with two attached hydrogens (primary N) is 1. The second kappa shape index (κ2) is 6.44. The van der Waals surface area contributed by atoms with Gasteiger partial charge in [0.1, 0.15) is 0 Å². The zero-order valence-corrected chi connectivity index (χ0v) is 9.01. The van der Waals surface area contributed by atoms with E-state index in [4.69, 9.17) is 5.73 Å². The van der Waals surface area contributed by atoms with Crippen LogP contribution in [0.15, 0.2) is 0 Å². The summed E-state index contributed by atoms with van der Waals surface area (Å²) in [6.45, 7) is 11.1. The minimum absolute atomic E-state index is 0.387. The molecule has 0 aliphatic carbocycles. The molecule has 0 radical (unpaired) electrons. The molecule has 0 aromatic heterocycles. The fourth-order valence-electron chi connectivity index (χ4n) is 1.32. The third kappa shape index (κ3) is 4.73. The molecule has 0 fully saturated rings. The summed E-state index contributed by atoms with van der Waals surface area (Å²) in [5, 5.41) is 0. The van der Waals surface area contributed by atoms with Crippen LogP contribution in [-0.2, 0) is 0 Å². The highest BCUT2D eigenvalue weighted by Gasteiger charge is 2.07. The van der Waals surface area contributed by atoms with Crippen molar-refractivity contribution in [3.05, 3.63) is 0 Å². The number of hydrogen-bond donors (Lipinski definition) is 1. The van der Waals surface area contributed by atoms with Crippen LogP contribution in [0.3, 0.4) is 0 Å². The second-order valence-electron chi connectivity index (χ2n) is 3.68. The fraction of sp³-hybridized carbons (Fsp3) is 1.00. The van der Waals surface area contributed by atoms with E-state index in [2.05, 4.69) is 32.6 Å². The van der Waals surface area contributed by atoms with Gasteiger partial charge < -0.3 is 10.6 Å². The Hall–Kier alpha value is -0.0800. The maximum atomic E-state index is 5.85. The molecule has 0 aliphatic rings. The monoisotopic (exact) mass is 172 g/mol. The van der Waals surface area contributed by atoms with Crippen molar-refractivity contribution in [2.75, 3.05) is 13.1 Å². The molecule has 2 nitrogen and oxygen atoms in total. The van der Waals surface area contributed by atoms with E-state index < -0.39 is 0 Å². The van der Waals surface area contributed by atoms with Gasteiger partial charge >= 0.3 is 0 Å². The van der Waals surface area contributed by atoms with Crippen molar-refractivity contribution in [1.82, 2.24) is 4.90 Å². The average Bonchev–Trinajstić information content (AvgIpc) is 2.04. The predicted molar refractivity (Wildman–Crippen MR) is 55.3 cm³/mol.